The second-order valence-corrected chi connectivity index (χ2v) is 6.12. The number of aromatic nitrogens is 1. The summed E-state index contributed by atoms with van der Waals surface area (Å²) in [5.74, 6) is 0.593. The summed E-state index contributed by atoms with van der Waals surface area (Å²) in [6.07, 6.45) is 6.44. The number of hydrogen-bond donors (Lipinski definition) is 2. The van der Waals surface area contributed by atoms with Crippen LogP contribution in [0, 0.1) is 0 Å². The zero-order valence-corrected chi connectivity index (χ0v) is 13.7. The lowest BCUT2D eigenvalue weighted by Crippen LogP contribution is -2.45. The number of carbonyl (C=O) groups excluding carboxylic acids is 1. The van der Waals surface area contributed by atoms with Crippen LogP contribution < -0.4 is 10.1 Å². The van der Waals surface area contributed by atoms with E-state index in [0.717, 1.165) is 42.6 Å². The summed E-state index contributed by atoms with van der Waals surface area (Å²) >= 11 is 0. The minimum absolute atomic E-state index is 0.170. The van der Waals surface area contributed by atoms with Gasteiger partial charge in [0.2, 0.25) is 0 Å². The second-order valence-electron chi connectivity index (χ2n) is 6.12. The molecule has 2 aromatic rings. The third kappa shape index (κ3) is 3.74. The summed E-state index contributed by atoms with van der Waals surface area (Å²) in [6.45, 7) is 0. The van der Waals surface area contributed by atoms with Crippen molar-refractivity contribution in [1.29, 1.82) is 0 Å². The summed E-state index contributed by atoms with van der Waals surface area (Å²) in [5, 5.41) is 12.9. The molecule has 5 heteroatoms. The largest absolute Gasteiger partial charge is 0.497 e. The van der Waals surface area contributed by atoms with Gasteiger partial charge in [-0.2, -0.15) is 0 Å². The van der Waals surface area contributed by atoms with Gasteiger partial charge < -0.3 is 15.2 Å². The molecule has 1 aromatic heterocycles. The van der Waals surface area contributed by atoms with Crippen LogP contribution in [0.4, 0.5) is 0 Å². The number of hydrogen-bond acceptors (Lipinski definition) is 4. The number of aliphatic hydroxyl groups excluding tert-OH is 1. The van der Waals surface area contributed by atoms with Gasteiger partial charge in [0.15, 0.2) is 0 Å². The van der Waals surface area contributed by atoms with Gasteiger partial charge >= 0.3 is 0 Å². The van der Waals surface area contributed by atoms with Crippen LogP contribution in [0.2, 0.25) is 0 Å². The summed E-state index contributed by atoms with van der Waals surface area (Å²) in [5.41, 5.74) is 2.34. The van der Waals surface area contributed by atoms with Gasteiger partial charge in [0.25, 0.3) is 5.91 Å². The molecule has 1 aliphatic rings. The number of benzene rings is 1. The smallest absolute Gasteiger partial charge is 0.253 e. The van der Waals surface area contributed by atoms with Gasteiger partial charge in [0.1, 0.15) is 5.75 Å². The molecule has 3 rings (SSSR count). The first-order chi connectivity index (χ1) is 11.7. The first-order valence-electron chi connectivity index (χ1n) is 8.26. The molecule has 1 aromatic carbocycles. The normalized spacial score (nSPS) is 20.4. The van der Waals surface area contributed by atoms with Crippen molar-refractivity contribution in [3.63, 3.8) is 0 Å². The average molecular weight is 326 g/mol. The number of carbonyl (C=O) groups is 1. The fourth-order valence-electron chi connectivity index (χ4n) is 3.04. The van der Waals surface area contributed by atoms with Crippen molar-refractivity contribution in [2.24, 2.45) is 0 Å². The van der Waals surface area contributed by atoms with Gasteiger partial charge in [-0.3, -0.25) is 9.78 Å². The van der Waals surface area contributed by atoms with E-state index in [1.807, 2.05) is 30.3 Å². The van der Waals surface area contributed by atoms with Crippen molar-refractivity contribution in [2.75, 3.05) is 7.11 Å². The highest BCUT2D eigenvalue weighted by molar-refractivity contribution is 5.95. The molecule has 0 radical (unpaired) electrons. The molecule has 1 amide bonds. The van der Waals surface area contributed by atoms with Gasteiger partial charge in [-0.15, -0.1) is 0 Å². The summed E-state index contributed by atoms with van der Waals surface area (Å²) < 4.78 is 5.16. The molecule has 0 bridgehead atoms. The Labute approximate surface area is 141 Å². The predicted molar refractivity (Wildman–Crippen MR) is 92.0 cm³/mol. The maximum Gasteiger partial charge on any atom is 0.253 e. The molecule has 2 N–H and O–H groups in total. The monoisotopic (exact) mass is 326 g/mol. The number of methoxy groups -OCH3 is 1. The molecule has 1 fully saturated rings. The van der Waals surface area contributed by atoms with E-state index in [0.29, 0.717) is 5.56 Å². The van der Waals surface area contributed by atoms with E-state index in [1.165, 1.54) is 0 Å². The Kier molecular flexibility index (Phi) is 5.11. The number of amides is 1. The van der Waals surface area contributed by atoms with Crippen molar-refractivity contribution in [1.82, 2.24) is 10.3 Å². The lowest BCUT2D eigenvalue weighted by atomic mass is 9.92. The van der Waals surface area contributed by atoms with Gasteiger partial charge in [-0.25, -0.2) is 0 Å². The highest BCUT2D eigenvalue weighted by Crippen LogP contribution is 2.23. The molecule has 1 saturated carbocycles. The quantitative estimate of drug-likeness (QED) is 0.906. The van der Waals surface area contributed by atoms with Crippen molar-refractivity contribution in [3.05, 3.63) is 48.3 Å². The van der Waals surface area contributed by atoms with Gasteiger partial charge in [-0.05, 0) is 36.6 Å². The van der Waals surface area contributed by atoms with E-state index in [9.17, 15) is 9.90 Å². The van der Waals surface area contributed by atoms with Gasteiger partial charge in [-0.1, -0.05) is 25.0 Å². The Hall–Kier alpha value is -2.40. The molecular formula is C19H22N2O3. The van der Waals surface area contributed by atoms with Crippen molar-refractivity contribution in [3.8, 4) is 16.9 Å². The van der Waals surface area contributed by atoms with Gasteiger partial charge in [0, 0.05) is 18.0 Å². The van der Waals surface area contributed by atoms with Crippen LogP contribution in [0.5, 0.6) is 5.75 Å². The topological polar surface area (TPSA) is 71.5 Å². The molecule has 0 aliphatic heterocycles. The summed E-state index contributed by atoms with van der Waals surface area (Å²) in [4.78, 5) is 16.6. The number of ether oxygens (including phenoxy) is 1. The average Bonchev–Trinajstić information content (AvgIpc) is 2.64. The standard InChI is InChI=1S/C19H22N2O3/c1-24-16-8-6-13(7-9-16)14-10-15(12-20-11-14)19(23)21-17-4-2-3-5-18(17)22/h6-12,17-18,22H,2-5H2,1H3,(H,21,23). The molecule has 24 heavy (non-hydrogen) atoms. The Morgan fingerprint density at radius 1 is 1.17 bits per heavy atom. The van der Waals surface area contributed by atoms with Crippen LogP contribution >= 0.6 is 0 Å². The number of aliphatic hydroxyl groups is 1. The van der Waals surface area contributed by atoms with Crippen molar-refractivity contribution >= 4 is 5.91 Å². The molecular weight excluding hydrogens is 304 g/mol. The van der Waals surface area contributed by atoms with E-state index in [-0.39, 0.29) is 11.9 Å². The Morgan fingerprint density at radius 2 is 1.92 bits per heavy atom. The van der Waals surface area contributed by atoms with Crippen LogP contribution in [-0.2, 0) is 0 Å². The summed E-state index contributed by atoms with van der Waals surface area (Å²) in [7, 11) is 1.63. The first-order valence-corrected chi connectivity index (χ1v) is 8.26. The number of nitrogens with zero attached hydrogens (tertiary/aromatic N) is 1. The maximum absolute atomic E-state index is 12.5. The van der Waals surface area contributed by atoms with E-state index >= 15 is 0 Å². The zero-order valence-electron chi connectivity index (χ0n) is 13.7. The third-order valence-corrected chi connectivity index (χ3v) is 4.47. The molecule has 1 heterocycles. The molecule has 2 unspecified atom stereocenters. The van der Waals surface area contributed by atoms with E-state index in [4.69, 9.17) is 4.74 Å². The van der Waals surface area contributed by atoms with Crippen LogP contribution in [-0.4, -0.2) is 35.3 Å². The van der Waals surface area contributed by atoms with E-state index in [1.54, 1.807) is 19.5 Å². The molecule has 2 atom stereocenters. The van der Waals surface area contributed by atoms with Gasteiger partial charge in [0.05, 0.1) is 24.8 Å². The van der Waals surface area contributed by atoms with Crippen LogP contribution in [0.15, 0.2) is 42.7 Å². The fraction of sp³-hybridized carbons (Fsp3) is 0.368. The third-order valence-electron chi connectivity index (χ3n) is 4.47. The molecule has 0 spiro atoms. The fourth-order valence-corrected chi connectivity index (χ4v) is 3.04. The SMILES string of the molecule is COc1ccc(-c2cncc(C(=O)NC3CCCCC3O)c2)cc1. The minimum Gasteiger partial charge on any atom is -0.497 e. The Balaban J connectivity index is 1.75. The zero-order chi connectivity index (χ0) is 16.9. The lowest BCUT2D eigenvalue weighted by Gasteiger charge is -2.28. The lowest BCUT2D eigenvalue weighted by molar-refractivity contribution is 0.0717. The number of pyridine rings is 1. The van der Waals surface area contributed by atoms with Crippen LogP contribution in [0.1, 0.15) is 36.0 Å². The molecule has 5 nitrogen and oxygen atoms in total. The molecule has 126 valence electrons. The van der Waals surface area contributed by atoms with Crippen LogP contribution in [0.25, 0.3) is 11.1 Å². The van der Waals surface area contributed by atoms with Crippen LogP contribution in [0.3, 0.4) is 0 Å². The highest BCUT2D eigenvalue weighted by atomic mass is 16.5. The number of rotatable bonds is 4. The molecule has 0 saturated heterocycles. The minimum atomic E-state index is -0.458. The Bertz CT molecular complexity index is 700. The van der Waals surface area contributed by atoms with Crippen molar-refractivity contribution in [2.45, 2.75) is 37.8 Å². The maximum atomic E-state index is 12.5. The number of nitrogens with one attached hydrogen (secondary N) is 1. The van der Waals surface area contributed by atoms with E-state index in [2.05, 4.69) is 10.3 Å². The predicted octanol–water partition coefficient (Wildman–Crippen LogP) is 2.79. The summed E-state index contributed by atoms with van der Waals surface area (Å²) in [6, 6.07) is 9.27. The highest BCUT2D eigenvalue weighted by Gasteiger charge is 2.25. The first kappa shape index (κ1) is 16.5. The second kappa shape index (κ2) is 7.45. The molecule has 1 aliphatic carbocycles. The van der Waals surface area contributed by atoms with Crippen molar-refractivity contribution < 1.29 is 14.6 Å². The Morgan fingerprint density at radius 3 is 2.62 bits per heavy atom. The van der Waals surface area contributed by atoms with E-state index < -0.39 is 6.10 Å².